The van der Waals surface area contributed by atoms with Crippen molar-refractivity contribution in [2.45, 2.75) is 12.8 Å². The highest BCUT2D eigenvalue weighted by Gasteiger charge is 2.42. The lowest BCUT2D eigenvalue weighted by Crippen LogP contribution is -2.34. The highest BCUT2D eigenvalue weighted by Crippen LogP contribution is 2.36. The molecular formula is C15H10Cl2F3N3O2. The SMILES string of the molecule is O=C(O)C1=NN(Cc2ccc(Cl)cc2Cl)C2=CN(C(F)(F)F)C=CC21. The summed E-state index contributed by atoms with van der Waals surface area (Å²) in [6, 6.07) is 4.68. The summed E-state index contributed by atoms with van der Waals surface area (Å²) in [7, 11) is 0. The number of rotatable bonds is 3. The Labute approximate surface area is 150 Å². The molecule has 1 atom stereocenters. The van der Waals surface area contributed by atoms with Gasteiger partial charge in [0.2, 0.25) is 0 Å². The zero-order valence-electron chi connectivity index (χ0n) is 12.3. The molecule has 2 aliphatic heterocycles. The third kappa shape index (κ3) is 3.45. The first kappa shape index (κ1) is 17.6. The van der Waals surface area contributed by atoms with Gasteiger partial charge in [-0.05, 0) is 17.7 Å². The van der Waals surface area contributed by atoms with Gasteiger partial charge in [-0.25, -0.2) is 4.79 Å². The molecule has 1 N–H and O–H groups in total. The fraction of sp³-hybridized carbons (Fsp3) is 0.200. The van der Waals surface area contributed by atoms with Crippen molar-refractivity contribution in [3.05, 3.63) is 58.0 Å². The predicted octanol–water partition coefficient (Wildman–Crippen LogP) is 4.06. The molecule has 0 amide bonds. The minimum atomic E-state index is -4.62. The smallest absolute Gasteiger partial charge is 0.477 e. The van der Waals surface area contributed by atoms with Crippen LogP contribution in [-0.2, 0) is 11.3 Å². The predicted molar refractivity (Wildman–Crippen MR) is 85.7 cm³/mol. The number of hydrogen-bond donors (Lipinski definition) is 1. The average molecular weight is 392 g/mol. The molecule has 1 unspecified atom stereocenters. The van der Waals surface area contributed by atoms with E-state index in [0.29, 0.717) is 15.6 Å². The van der Waals surface area contributed by atoms with Crippen LogP contribution in [0.3, 0.4) is 0 Å². The van der Waals surface area contributed by atoms with Gasteiger partial charge in [0, 0.05) is 22.4 Å². The number of carboxylic acid groups (broad SMARTS) is 1. The molecule has 0 saturated carbocycles. The molecule has 10 heteroatoms. The van der Waals surface area contributed by atoms with E-state index in [1.807, 2.05) is 0 Å². The molecule has 0 aromatic heterocycles. The van der Waals surface area contributed by atoms with E-state index in [1.54, 1.807) is 12.1 Å². The van der Waals surface area contributed by atoms with E-state index >= 15 is 0 Å². The fourth-order valence-corrected chi connectivity index (χ4v) is 2.99. The summed E-state index contributed by atoms with van der Waals surface area (Å²) in [5.74, 6) is -2.16. The summed E-state index contributed by atoms with van der Waals surface area (Å²) in [6.07, 6.45) is -1.86. The third-order valence-electron chi connectivity index (χ3n) is 3.70. The van der Waals surface area contributed by atoms with Crippen LogP contribution in [0, 0.1) is 5.92 Å². The second-order valence-corrected chi connectivity index (χ2v) is 6.18. The van der Waals surface area contributed by atoms with E-state index in [0.717, 1.165) is 18.5 Å². The van der Waals surface area contributed by atoms with Gasteiger partial charge in [0.05, 0.1) is 18.2 Å². The Balaban J connectivity index is 1.96. The highest BCUT2D eigenvalue weighted by atomic mass is 35.5. The largest absolute Gasteiger partial charge is 0.488 e. The van der Waals surface area contributed by atoms with Crippen molar-refractivity contribution in [3.8, 4) is 0 Å². The number of benzene rings is 1. The molecule has 0 radical (unpaired) electrons. The number of aliphatic carboxylic acids is 1. The Morgan fingerprint density at radius 1 is 1.32 bits per heavy atom. The van der Waals surface area contributed by atoms with Gasteiger partial charge in [-0.15, -0.1) is 13.2 Å². The van der Waals surface area contributed by atoms with Crippen LogP contribution in [-0.4, -0.2) is 33.0 Å². The third-order valence-corrected chi connectivity index (χ3v) is 4.28. The van der Waals surface area contributed by atoms with Gasteiger partial charge < -0.3 is 5.11 Å². The summed E-state index contributed by atoms with van der Waals surface area (Å²) in [4.78, 5) is 11.4. The average Bonchev–Trinajstić information content (AvgIpc) is 2.87. The van der Waals surface area contributed by atoms with Crippen LogP contribution < -0.4 is 0 Å². The number of carboxylic acids is 1. The first-order valence-electron chi connectivity index (χ1n) is 6.95. The molecule has 3 rings (SSSR count). The topological polar surface area (TPSA) is 56.1 Å². The molecule has 1 aromatic rings. The van der Waals surface area contributed by atoms with E-state index < -0.39 is 18.2 Å². The van der Waals surface area contributed by atoms with E-state index in [2.05, 4.69) is 5.10 Å². The zero-order chi connectivity index (χ0) is 18.4. The normalized spacial score (nSPS) is 19.6. The zero-order valence-corrected chi connectivity index (χ0v) is 13.8. The lowest BCUT2D eigenvalue weighted by molar-refractivity contribution is -0.211. The summed E-state index contributed by atoms with van der Waals surface area (Å²) >= 11 is 11.9. The molecule has 5 nitrogen and oxygen atoms in total. The number of halogens is 5. The lowest BCUT2D eigenvalue weighted by atomic mass is 9.98. The Hall–Kier alpha value is -2.19. The number of hydrazone groups is 1. The van der Waals surface area contributed by atoms with Crippen LogP contribution in [0.2, 0.25) is 10.0 Å². The monoisotopic (exact) mass is 391 g/mol. The molecule has 2 heterocycles. The van der Waals surface area contributed by atoms with E-state index in [-0.39, 0.29) is 22.9 Å². The standard InChI is InChI=1S/C15H10Cl2F3N3O2/c16-9-2-1-8(11(17)5-9)6-23-12-7-22(15(18,19)20)4-3-10(12)13(21-23)14(24)25/h1-5,7,10H,6H2,(H,24,25). The maximum atomic E-state index is 12.9. The van der Waals surface area contributed by atoms with Crippen molar-refractivity contribution < 1.29 is 23.1 Å². The van der Waals surface area contributed by atoms with Crippen molar-refractivity contribution in [3.63, 3.8) is 0 Å². The summed E-state index contributed by atoms with van der Waals surface area (Å²) in [6.45, 7) is 0.00858. The number of carbonyl (C=O) groups is 1. The molecule has 0 spiro atoms. The van der Waals surface area contributed by atoms with Crippen molar-refractivity contribution >= 4 is 34.9 Å². The lowest BCUT2D eigenvalue weighted by Gasteiger charge is -2.28. The summed E-state index contributed by atoms with van der Waals surface area (Å²) in [5.41, 5.74) is 0.395. The fourth-order valence-electron chi connectivity index (χ4n) is 2.52. The van der Waals surface area contributed by atoms with Gasteiger partial charge >= 0.3 is 12.3 Å². The molecule has 0 saturated heterocycles. The second-order valence-electron chi connectivity index (χ2n) is 5.33. The van der Waals surface area contributed by atoms with Gasteiger partial charge in [-0.1, -0.05) is 35.3 Å². The van der Waals surface area contributed by atoms with Crippen LogP contribution >= 0.6 is 23.2 Å². The second kappa shape index (κ2) is 6.27. The van der Waals surface area contributed by atoms with Gasteiger partial charge in [0.25, 0.3) is 0 Å². The van der Waals surface area contributed by atoms with Gasteiger partial charge in [-0.3, -0.25) is 9.91 Å². The molecule has 2 aliphatic rings. The van der Waals surface area contributed by atoms with Gasteiger partial charge in [0.1, 0.15) is 0 Å². The van der Waals surface area contributed by atoms with Crippen LogP contribution in [0.4, 0.5) is 13.2 Å². The minimum Gasteiger partial charge on any atom is -0.477 e. The van der Waals surface area contributed by atoms with Crippen molar-refractivity contribution in [2.24, 2.45) is 11.0 Å². The van der Waals surface area contributed by atoms with Crippen LogP contribution in [0.5, 0.6) is 0 Å². The number of alkyl halides is 3. The number of allylic oxidation sites excluding steroid dienone is 1. The molecule has 132 valence electrons. The molecule has 1 aromatic carbocycles. The number of hydrogen-bond acceptors (Lipinski definition) is 4. The highest BCUT2D eigenvalue weighted by molar-refractivity contribution is 6.38. The first-order chi connectivity index (χ1) is 11.7. The maximum Gasteiger partial charge on any atom is 0.488 e. The molecule has 0 fully saturated rings. The molecular weight excluding hydrogens is 382 g/mol. The van der Waals surface area contributed by atoms with E-state index in [9.17, 15) is 23.1 Å². The van der Waals surface area contributed by atoms with Crippen molar-refractivity contribution in [2.75, 3.05) is 0 Å². The molecule has 25 heavy (non-hydrogen) atoms. The van der Waals surface area contributed by atoms with Crippen LogP contribution in [0.1, 0.15) is 5.56 Å². The number of fused-ring (bicyclic) bond motifs is 1. The van der Waals surface area contributed by atoms with Crippen LogP contribution in [0.25, 0.3) is 0 Å². The van der Waals surface area contributed by atoms with E-state index in [1.165, 1.54) is 11.1 Å². The quantitative estimate of drug-likeness (QED) is 0.789. The Bertz CT molecular complexity index is 821. The van der Waals surface area contributed by atoms with Crippen molar-refractivity contribution in [1.82, 2.24) is 9.91 Å². The first-order valence-corrected chi connectivity index (χ1v) is 7.71. The van der Waals surface area contributed by atoms with Crippen molar-refractivity contribution in [1.29, 1.82) is 0 Å². The number of nitrogens with zero attached hydrogens (tertiary/aromatic N) is 3. The van der Waals surface area contributed by atoms with Gasteiger partial charge in [0.15, 0.2) is 5.71 Å². The molecule has 0 bridgehead atoms. The minimum absolute atomic E-state index is 0.00858. The van der Waals surface area contributed by atoms with E-state index in [4.69, 9.17) is 23.2 Å². The van der Waals surface area contributed by atoms with Crippen LogP contribution in [0.15, 0.2) is 47.5 Å². The molecule has 0 aliphatic carbocycles. The Morgan fingerprint density at radius 3 is 2.64 bits per heavy atom. The Kier molecular flexibility index (Phi) is 4.42. The summed E-state index contributed by atoms with van der Waals surface area (Å²) < 4.78 is 38.8. The summed E-state index contributed by atoms with van der Waals surface area (Å²) in [5, 5.41) is 15.1. The van der Waals surface area contributed by atoms with Gasteiger partial charge in [-0.2, -0.15) is 5.10 Å². The Morgan fingerprint density at radius 2 is 2.04 bits per heavy atom. The maximum absolute atomic E-state index is 12.9.